The van der Waals surface area contributed by atoms with Gasteiger partial charge in [-0.05, 0) is 43.4 Å². The number of amides is 1. The summed E-state index contributed by atoms with van der Waals surface area (Å²) >= 11 is 0. The molecule has 0 saturated carbocycles. The van der Waals surface area contributed by atoms with Crippen molar-refractivity contribution >= 4 is 5.91 Å². The van der Waals surface area contributed by atoms with E-state index in [1.165, 1.54) is 19.3 Å². The maximum Gasteiger partial charge on any atom is 0.261 e. The number of hydrogen-bond acceptors (Lipinski definition) is 2. The Hall–Kier alpha value is -1.51. The Bertz CT molecular complexity index is 445. The van der Waals surface area contributed by atoms with Gasteiger partial charge in [0, 0.05) is 6.54 Å². The van der Waals surface area contributed by atoms with E-state index in [2.05, 4.69) is 19.2 Å². The monoisotopic (exact) mass is 305 g/mol. The summed E-state index contributed by atoms with van der Waals surface area (Å²) in [5.41, 5.74) is 1.14. The number of ether oxygens (including phenoxy) is 1. The van der Waals surface area contributed by atoms with Crippen LogP contribution in [0, 0.1) is 12.8 Å². The second kappa shape index (κ2) is 10.3. The maximum atomic E-state index is 12.3. The fourth-order valence-electron chi connectivity index (χ4n) is 2.48. The Labute approximate surface area is 135 Å². The zero-order chi connectivity index (χ0) is 16.4. The predicted molar refractivity (Wildman–Crippen MR) is 92.2 cm³/mol. The van der Waals surface area contributed by atoms with E-state index in [4.69, 9.17) is 4.74 Å². The van der Waals surface area contributed by atoms with E-state index in [1.807, 2.05) is 38.1 Å². The molecular weight excluding hydrogens is 274 g/mol. The van der Waals surface area contributed by atoms with Crippen LogP contribution in [0.5, 0.6) is 5.75 Å². The molecule has 0 fully saturated rings. The average Bonchev–Trinajstić information content (AvgIpc) is 2.52. The van der Waals surface area contributed by atoms with Gasteiger partial charge in [-0.3, -0.25) is 4.79 Å². The van der Waals surface area contributed by atoms with Crippen molar-refractivity contribution in [2.24, 2.45) is 5.92 Å². The molecule has 1 aromatic rings. The molecule has 0 spiro atoms. The van der Waals surface area contributed by atoms with Gasteiger partial charge in [-0.25, -0.2) is 0 Å². The summed E-state index contributed by atoms with van der Waals surface area (Å²) in [6, 6.07) is 7.84. The quantitative estimate of drug-likeness (QED) is 0.692. The lowest BCUT2D eigenvalue weighted by Crippen LogP contribution is -2.40. The van der Waals surface area contributed by atoms with Crippen molar-refractivity contribution in [2.75, 3.05) is 6.54 Å². The molecule has 22 heavy (non-hydrogen) atoms. The van der Waals surface area contributed by atoms with E-state index in [9.17, 15) is 4.79 Å². The minimum absolute atomic E-state index is 0.000968. The van der Waals surface area contributed by atoms with Gasteiger partial charge in [-0.2, -0.15) is 0 Å². The van der Waals surface area contributed by atoms with Crippen molar-refractivity contribution in [2.45, 2.75) is 65.9 Å². The molecule has 0 heterocycles. The summed E-state index contributed by atoms with van der Waals surface area (Å²) in [5, 5.41) is 3.06. The van der Waals surface area contributed by atoms with Crippen molar-refractivity contribution in [3.8, 4) is 5.75 Å². The first-order valence-electron chi connectivity index (χ1n) is 8.61. The zero-order valence-corrected chi connectivity index (χ0v) is 14.5. The highest BCUT2D eigenvalue weighted by Crippen LogP contribution is 2.16. The molecule has 1 N–H and O–H groups in total. The van der Waals surface area contributed by atoms with Gasteiger partial charge >= 0.3 is 0 Å². The van der Waals surface area contributed by atoms with E-state index in [1.54, 1.807) is 0 Å². The van der Waals surface area contributed by atoms with Crippen LogP contribution >= 0.6 is 0 Å². The van der Waals surface area contributed by atoms with Crippen LogP contribution in [-0.4, -0.2) is 18.6 Å². The number of unbranched alkanes of at least 4 members (excludes halogenated alkanes) is 1. The molecule has 1 amide bonds. The third-order valence-electron chi connectivity index (χ3n) is 4.04. The SMILES string of the molecule is CCCC[C@@H](CC)CNC(=O)[C@@H](CC)Oc1cccc(C)c1. The molecule has 0 radical (unpaired) electrons. The number of rotatable bonds is 10. The predicted octanol–water partition coefficient (Wildman–Crippen LogP) is 4.49. The molecule has 0 unspecified atom stereocenters. The van der Waals surface area contributed by atoms with Gasteiger partial charge in [0.05, 0.1) is 0 Å². The van der Waals surface area contributed by atoms with Crippen LogP contribution in [0.4, 0.5) is 0 Å². The number of nitrogens with one attached hydrogen (secondary N) is 1. The third-order valence-corrected chi connectivity index (χ3v) is 4.04. The number of benzene rings is 1. The van der Waals surface area contributed by atoms with Crippen LogP contribution in [0.3, 0.4) is 0 Å². The Balaban J connectivity index is 2.50. The lowest BCUT2D eigenvalue weighted by atomic mass is 9.99. The number of carbonyl (C=O) groups is 1. The Kier molecular flexibility index (Phi) is 8.64. The van der Waals surface area contributed by atoms with E-state index in [-0.39, 0.29) is 5.91 Å². The van der Waals surface area contributed by atoms with Crippen LogP contribution in [0.2, 0.25) is 0 Å². The van der Waals surface area contributed by atoms with Gasteiger partial charge in [-0.1, -0.05) is 52.2 Å². The van der Waals surface area contributed by atoms with E-state index < -0.39 is 6.10 Å². The molecular formula is C19H31NO2. The Morgan fingerprint density at radius 3 is 2.59 bits per heavy atom. The lowest BCUT2D eigenvalue weighted by molar-refractivity contribution is -0.128. The van der Waals surface area contributed by atoms with Gasteiger partial charge in [0.15, 0.2) is 6.10 Å². The largest absolute Gasteiger partial charge is 0.481 e. The average molecular weight is 305 g/mol. The van der Waals surface area contributed by atoms with Gasteiger partial charge in [0.2, 0.25) is 0 Å². The number of hydrogen-bond donors (Lipinski definition) is 1. The van der Waals surface area contributed by atoms with Gasteiger partial charge in [0.25, 0.3) is 5.91 Å². The van der Waals surface area contributed by atoms with Crippen LogP contribution in [-0.2, 0) is 4.79 Å². The fourth-order valence-corrected chi connectivity index (χ4v) is 2.48. The highest BCUT2D eigenvalue weighted by Gasteiger charge is 2.19. The minimum atomic E-state index is -0.412. The van der Waals surface area contributed by atoms with Crippen molar-refractivity contribution in [3.05, 3.63) is 29.8 Å². The molecule has 0 saturated heterocycles. The summed E-state index contributed by atoms with van der Waals surface area (Å²) in [6.07, 6.45) is 4.99. The van der Waals surface area contributed by atoms with Gasteiger partial charge in [0.1, 0.15) is 5.75 Å². The smallest absolute Gasteiger partial charge is 0.261 e. The normalized spacial score (nSPS) is 13.5. The molecule has 0 aliphatic carbocycles. The van der Waals surface area contributed by atoms with Crippen molar-refractivity contribution < 1.29 is 9.53 Å². The maximum absolute atomic E-state index is 12.3. The summed E-state index contributed by atoms with van der Waals surface area (Å²) in [7, 11) is 0. The van der Waals surface area contributed by atoms with Crippen molar-refractivity contribution in [3.63, 3.8) is 0 Å². The topological polar surface area (TPSA) is 38.3 Å². The molecule has 0 aliphatic heterocycles. The first-order chi connectivity index (χ1) is 10.6. The summed E-state index contributed by atoms with van der Waals surface area (Å²) in [5.74, 6) is 1.33. The summed E-state index contributed by atoms with van der Waals surface area (Å²) < 4.78 is 5.84. The minimum Gasteiger partial charge on any atom is -0.481 e. The molecule has 1 rings (SSSR count). The molecule has 1 aromatic carbocycles. The summed E-state index contributed by atoms with van der Waals surface area (Å²) in [6.45, 7) is 9.14. The molecule has 2 atom stereocenters. The van der Waals surface area contributed by atoms with Crippen LogP contribution < -0.4 is 10.1 Å². The Morgan fingerprint density at radius 1 is 1.23 bits per heavy atom. The molecule has 3 nitrogen and oxygen atoms in total. The van der Waals surface area contributed by atoms with Gasteiger partial charge < -0.3 is 10.1 Å². The van der Waals surface area contributed by atoms with E-state index >= 15 is 0 Å². The van der Waals surface area contributed by atoms with E-state index in [0.29, 0.717) is 12.3 Å². The molecule has 0 aromatic heterocycles. The highest BCUT2D eigenvalue weighted by molar-refractivity contribution is 5.81. The van der Waals surface area contributed by atoms with Crippen molar-refractivity contribution in [1.82, 2.24) is 5.32 Å². The van der Waals surface area contributed by atoms with Crippen molar-refractivity contribution in [1.29, 1.82) is 0 Å². The number of carbonyl (C=O) groups excluding carboxylic acids is 1. The molecule has 3 heteroatoms. The fraction of sp³-hybridized carbons (Fsp3) is 0.632. The van der Waals surface area contributed by atoms with Gasteiger partial charge in [-0.15, -0.1) is 0 Å². The molecule has 0 bridgehead atoms. The lowest BCUT2D eigenvalue weighted by Gasteiger charge is -2.20. The van der Waals surface area contributed by atoms with Crippen LogP contribution in [0.1, 0.15) is 58.4 Å². The summed E-state index contributed by atoms with van der Waals surface area (Å²) in [4.78, 5) is 12.3. The molecule has 124 valence electrons. The Morgan fingerprint density at radius 2 is 2.00 bits per heavy atom. The second-order valence-electron chi connectivity index (χ2n) is 5.99. The number of aryl methyl sites for hydroxylation is 1. The first-order valence-corrected chi connectivity index (χ1v) is 8.61. The third kappa shape index (κ3) is 6.50. The van der Waals surface area contributed by atoms with Crippen LogP contribution in [0.15, 0.2) is 24.3 Å². The highest BCUT2D eigenvalue weighted by atomic mass is 16.5. The van der Waals surface area contributed by atoms with Crippen LogP contribution in [0.25, 0.3) is 0 Å². The molecule has 0 aliphatic rings. The standard InChI is InChI=1S/C19H31NO2/c1-5-8-11-16(6-2)14-20-19(21)18(7-3)22-17-12-9-10-15(4)13-17/h9-10,12-13,16,18H,5-8,11,14H2,1-4H3,(H,20,21)/t16-,18-/m1/s1. The second-order valence-corrected chi connectivity index (χ2v) is 5.99. The first kappa shape index (κ1) is 18.5. The zero-order valence-electron chi connectivity index (χ0n) is 14.5. The van der Waals surface area contributed by atoms with E-state index in [0.717, 1.165) is 24.3 Å².